The van der Waals surface area contributed by atoms with Crippen molar-refractivity contribution in [3.8, 4) is 0 Å². The first-order chi connectivity index (χ1) is 8.75. The van der Waals surface area contributed by atoms with Gasteiger partial charge < -0.3 is 10.5 Å². The Labute approximate surface area is 121 Å². The summed E-state index contributed by atoms with van der Waals surface area (Å²) in [6.45, 7) is 4.83. The summed E-state index contributed by atoms with van der Waals surface area (Å²) in [7, 11) is -3.60. The van der Waals surface area contributed by atoms with Crippen molar-refractivity contribution in [1.29, 1.82) is 0 Å². The Kier molecular flexibility index (Phi) is 3.92. The summed E-state index contributed by atoms with van der Waals surface area (Å²) < 4.78 is 32.9. The molecule has 1 aromatic carbocycles. The highest BCUT2D eigenvalue weighted by Crippen LogP contribution is 2.32. The second kappa shape index (κ2) is 5.05. The van der Waals surface area contributed by atoms with Gasteiger partial charge in [-0.05, 0) is 48.0 Å². The molecule has 1 aliphatic rings. The van der Waals surface area contributed by atoms with Gasteiger partial charge in [0.05, 0.1) is 23.6 Å². The van der Waals surface area contributed by atoms with E-state index in [1.54, 1.807) is 12.1 Å². The molecule has 0 amide bonds. The van der Waals surface area contributed by atoms with Crippen LogP contribution in [0.4, 0.5) is 5.69 Å². The largest absolute Gasteiger partial charge is 0.399 e. The van der Waals surface area contributed by atoms with Crippen LogP contribution in [-0.4, -0.2) is 38.0 Å². The monoisotopic (exact) mass is 348 g/mol. The maximum atomic E-state index is 12.8. The quantitative estimate of drug-likeness (QED) is 0.827. The van der Waals surface area contributed by atoms with Crippen LogP contribution in [0.5, 0.6) is 0 Å². The number of morpholine rings is 1. The predicted octanol–water partition coefficient (Wildman–Crippen LogP) is 1.83. The summed E-state index contributed by atoms with van der Waals surface area (Å²) in [6.07, 6.45) is 0. The van der Waals surface area contributed by atoms with Crippen LogP contribution in [0, 0.1) is 0 Å². The molecule has 0 spiro atoms. The van der Waals surface area contributed by atoms with Crippen molar-refractivity contribution in [2.24, 2.45) is 0 Å². The van der Waals surface area contributed by atoms with Crippen LogP contribution in [-0.2, 0) is 14.8 Å². The number of hydrogen-bond acceptors (Lipinski definition) is 4. The van der Waals surface area contributed by atoms with Crippen molar-refractivity contribution in [1.82, 2.24) is 4.31 Å². The van der Waals surface area contributed by atoms with Gasteiger partial charge in [-0.2, -0.15) is 4.31 Å². The third-order valence-corrected chi connectivity index (χ3v) is 6.20. The smallest absolute Gasteiger partial charge is 0.244 e. The molecule has 0 unspecified atom stereocenters. The molecule has 7 heteroatoms. The third-order valence-electron chi connectivity index (χ3n) is 3.09. The maximum Gasteiger partial charge on any atom is 0.244 e. The Morgan fingerprint density at radius 2 is 2.11 bits per heavy atom. The van der Waals surface area contributed by atoms with Gasteiger partial charge in [-0.3, -0.25) is 0 Å². The fourth-order valence-corrected chi connectivity index (χ4v) is 4.84. The molecule has 1 heterocycles. The van der Waals surface area contributed by atoms with Crippen molar-refractivity contribution in [3.05, 3.63) is 22.7 Å². The van der Waals surface area contributed by atoms with Gasteiger partial charge in [-0.25, -0.2) is 8.42 Å². The predicted molar refractivity (Wildman–Crippen MR) is 77.3 cm³/mol. The number of halogens is 1. The van der Waals surface area contributed by atoms with E-state index < -0.39 is 15.6 Å². The molecule has 0 aromatic heterocycles. The summed E-state index contributed by atoms with van der Waals surface area (Å²) in [6, 6.07) is 4.79. The molecular formula is C12H17BrN2O3S. The molecule has 0 bridgehead atoms. The standard InChI is InChI=1S/C12H17BrN2O3S/c1-12(2)8-18-6-5-15(12)19(16,17)11-7-9(14)3-4-10(11)13/h3-4,7H,5-6,8,14H2,1-2H3. The van der Waals surface area contributed by atoms with Gasteiger partial charge in [0.1, 0.15) is 0 Å². The second-order valence-electron chi connectivity index (χ2n) is 5.13. The highest BCUT2D eigenvalue weighted by Gasteiger charge is 2.40. The summed E-state index contributed by atoms with van der Waals surface area (Å²) >= 11 is 3.28. The molecule has 1 aliphatic heterocycles. The first kappa shape index (κ1) is 14.8. The lowest BCUT2D eigenvalue weighted by molar-refractivity contribution is -0.00772. The molecule has 1 fully saturated rings. The number of nitrogen functional groups attached to an aromatic ring is 1. The van der Waals surface area contributed by atoms with Crippen LogP contribution < -0.4 is 5.73 Å². The molecule has 1 aromatic rings. The van der Waals surface area contributed by atoms with E-state index in [4.69, 9.17) is 10.5 Å². The summed E-state index contributed by atoms with van der Waals surface area (Å²) in [5.74, 6) is 0. The number of hydrogen-bond donors (Lipinski definition) is 1. The lowest BCUT2D eigenvalue weighted by Gasteiger charge is -2.40. The first-order valence-electron chi connectivity index (χ1n) is 5.91. The van der Waals surface area contributed by atoms with Crippen LogP contribution in [0.15, 0.2) is 27.6 Å². The van der Waals surface area contributed by atoms with Gasteiger partial charge in [0.2, 0.25) is 10.0 Å². The van der Waals surface area contributed by atoms with Crippen molar-refractivity contribution in [3.63, 3.8) is 0 Å². The fraction of sp³-hybridized carbons (Fsp3) is 0.500. The minimum atomic E-state index is -3.60. The zero-order chi connectivity index (χ0) is 14.3. The molecule has 19 heavy (non-hydrogen) atoms. The van der Waals surface area contributed by atoms with Gasteiger partial charge >= 0.3 is 0 Å². The lowest BCUT2D eigenvalue weighted by Crippen LogP contribution is -2.55. The molecule has 0 saturated carbocycles. The van der Waals surface area contributed by atoms with Gasteiger partial charge in [0.15, 0.2) is 0 Å². The Balaban J connectivity index is 2.50. The maximum absolute atomic E-state index is 12.8. The van der Waals surface area contributed by atoms with Crippen molar-refractivity contribution in [2.75, 3.05) is 25.5 Å². The summed E-state index contributed by atoms with van der Waals surface area (Å²) in [4.78, 5) is 0.197. The highest BCUT2D eigenvalue weighted by molar-refractivity contribution is 9.10. The number of ether oxygens (including phenoxy) is 1. The van der Waals surface area contributed by atoms with Crippen molar-refractivity contribution in [2.45, 2.75) is 24.3 Å². The fourth-order valence-electron chi connectivity index (χ4n) is 2.13. The summed E-state index contributed by atoms with van der Waals surface area (Å²) in [5, 5.41) is 0. The normalized spacial score (nSPS) is 20.4. The van der Waals surface area contributed by atoms with E-state index in [-0.39, 0.29) is 4.90 Å². The zero-order valence-corrected chi connectivity index (χ0v) is 13.3. The summed E-state index contributed by atoms with van der Waals surface area (Å²) in [5.41, 5.74) is 5.55. The van der Waals surface area contributed by atoms with Crippen LogP contribution in [0.3, 0.4) is 0 Å². The number of nitrogens with two attached hydrogens (primary N) is 1. The van der Waals surface area contributed by atoms with Gasteiger partial charge in [0.25, 0.3) is 0 Å². The number of nitrogens with zero attached hydrogens (tertiary/aromatic N) is 1. The first-order valence-corrected chi connectivity index (χ1v) is 8.14. The SMILES string of the molecule is CC1(C)COCCN1S(=O)(=O)c1cc(N)ccc1Br. The molecule has 2 N–H and O–H groups in total. The Hall–Kier alpha value is -0.630. The van der Waals surface area contributed by atoms with E-state index in [0.29, 0.717) is 29.9 Å². The molecule has 0 atom stereocenters. The second-order valence-corrected chi connectivity index (χ2v) is 7.82. The van der Waals surface area contributed by atoms with Gasteiger partial charge in [-0.15, -0.1) is 0 Å². The number of rotatable bonds is 2. The zero-order valence-electron chi connectivity index (χ0n) is 10.9. The van der Waals surface area contributed by atoms with E-state index in [9.17, 15) is 8.42 Å². The topological polar surface area (TPSA) is 72.6 Å². The molecule has 2 rings (SSSR count). The van der Waals surface area contributed by atoms with Crippen molar-refractivity contribution >= 4 is 31.6 Å². The number of anilines is 1. The Morgan fingerprint density at radius 3 is 2.74 bits per heavy atom. The van der Waals surface area contributed by atoms with E-state index in [0.717, 1.165) is 0 Å². The highest BCUT2D eigenvalue weighted by atomic mass is 79.9. The minimum absolute atomic E-state index is 0.197. The van der Waals surface area contributed by atoms with Gasteiger partial charge in [-0.1, -0.05) is 0 Å². The van der Waals surface area contributed by atoms with E-state index in [1.165, 1.54) is 10.4 Å². The van der Waals surface area contributed by atoms with Gasteiger partial charge in [0, 0.05) is 16.7 Å². The van der Waals surface area contributed by atoms with E-state index in [2.05, 4.69) is 15.9 Å². The molecule has 5 nitrogen and oxygen atoms in total. The van der Waals surface area contributed by atoms with Crippen LogP contribution in [0.2, 0.25) is 0 Å². The molecule has 1 saturated heterocycles. The van der Waals surface area contributed by atoms with Crippen LogP contribution in [0.25, 0.3) is 0 Å². The number of sulfonamides is 1. The molecular weight excluding hydrogens is 332 g/mol. The Bertz CT molecular complexity index is 587. The molecule has 0 aliphatic carbocycles. The average Bonchev–Trinajstić information content (AvgIpc) is 2.31. The van der Waals surface area contributed by atoms with Crippen molar-refractivity contribution < 1.29 is 13.2 Å². The van der Waals surface area contributed by atoms with E-state index >= 15 is 0 Å². The number of benzene rings is 1. The third kappa shape index (κ3) is 2.79. The van der Waals surface area contributed by atoms with Crippen LogP contribution >= 0.6 is 15.9 Å². The van der Waals surface area contributed by atoms with Crippen LogP contribution in [0.1, 0.15) is 13.8 Å². The molecule has 0 radical (unpaired) electrons. The average molecular weight is 349 g/mol. The lowest BCUT2D eigenvalue weighted by atomic mass is 10.1. The molecule has 106 valence electrons. The Morgan fingerprint density at radius 1 is 1.42 bits per heavy atom. The minimum Gasteiger partial charge on any atom is -0.399 e. The van der Waals surface area contributed by atoms with E-state index in [1.807, 2.05) is 13.8 Å².